The normalized spacial score (nSPS) is 13.9. The Hall–Kier alpha value is -5.29. The number of benzene rings is 2. The van der Waals surface area contributed by atoms with E-state index < -0.39 is 0 Å². The number of hydrogen-bond donors (Lipinski definition) is 2. The molecule has 10 nitrogen and oxygen atoms in total. The van der Waals surface area contributed by atoms with Gasteiger partial charge in [-0.3, -0.25) is 14.4 Å². The average Bonchev–Trinajstić information content (AvgIpc) is 3.84. The molecule has 5 heterocycles. The van der Waals surface area contributed by atoms with Crippen molar-refractivity contribution in [2.75, 3.05) is 34.8 Å². The minimum Gasteiger partial charge on any atom is -0.356 e. The summed E-state index contributed by atoms with van der Waals surface area (Å²) in [5, 5.41) is 5.96. The zero-order valence-electron chi connectivity index (χ0n) is 25.4. The third-order valence-corrected chi connectivity index (χ3v) is 9.66. The third kappa shape index (κ3) is 5.77. The number of thiophene rings is 1. The number of amides is 3. The van der Waals surface area contributed by atoms with Gasteiger partial charge in [-0.2, -0.15) is 0 Å². The lowest BCUT2D eigenvalue weighted by atomic mass is 10.1. The van der Waals surface area contributed by atoms with Crippen molar-refractivity contribution in [2.24, 2.45) is 7.05 Å². The van der Waals surface area contributed by atoms with E-state index in [2.05, 4.69) is 25.5 Å². The molecule has 2 N–H and O–H groups in total. The van der Waals surface area contributed by atoms with Crippen LogP contribution >= 0.6 is 11.3 Å². The number of imidazole rings is 1. The first-order valence-electron chi connectivity index (χ1n) is 15.4. The van der Waals surface area contributed by atoms with Gasteiger partial charge in [0, 0.05) is 67.0 Å². The summed E-state index contributed by atoms with van der Waals surface area (Å²) >= 11 is 1.43. The van der Waals surface area contributed by atoms with Crippen LogP contribution in [0.2, 0.25) is 0 Å². The van der Waals surface area contributed by atoms with Gasteiger partial charge in [-0.1, -0.05) is 24.3 Å². The number of nitrogens with zero attached hydrogens (tertiary/aromatic N) is 5. The Balaban J connectivity index is 1.10. The van der Waals surface area contributed by atoms with Crippen molar-refractivity contribution in [3.63, 3.8) is 0 Å². The number of carbonyl (C=O) groups excluding carboxylic acids is 3. The van der Waals surface area contributed by atoms with E-state index in [-0.39, 0.29) is 17.7 Å². The Morgan fingerprint density at radius 3 is 2.57 bits per heavy atom. The Bertz CT molecular complexity index is 1940. The lowest BCUT2D eigenvalue weighted by molar-refractivity contribution is 0.0951. The molecule has 3 aromatic heterocycles. The van der Waals surface area contributed by atoms with Gasteiger partial charge in [0.25, 0.3) is 17.7 Å². The van der Waals surface area contributed by atoms with Gasteiger partial charge in [-0.25, -0.2) is 9.97 Å². The Kier molecular flexibility index (Phi) is 8.06. The number of aromatic nitrogens is 3. The summed E-state index contributed by atoms with van der Waals surface area (Å²) in [5.74, 6) is 0.893. The van der Waals surface area contributed by atoms with E-state index in [0.717, 1.165) is 53.4 Å². The van der Waals surface area contributed by atoms with Gasteiger partial charge < -0.3 is 25.0 Å². The van der Waals surface area contributed by atoms with Gasteiger partial charge in [0.2, 0.25) is 0 Å². The van der Waals surface area contributed by atoms with Crippen LogP contribution in [0.5, 0.6) is 0 Å². The monoisotopic (exact) mass is 631 g/mol. The molecule has 0 spiro atoms. The van der Waals surface area contributed by atoms with Crippen molar-refractivity contribution < 1.29 is 14.4 Å². The number of carbonyl (C=O) groups is 3. The van der Waals surface area contributed by atoms with Crippen LogP contribution in [0.3, 0.4) is 0 Å². The van der Waals surface area contributed by atoms with Gasteiger partial charge in [-0.05, 0) is 67.3 Å². The second-order valence-electron chi connectivity index (χ2n) is 11.4. The topological polar surface area (TPSA) is 112 Å². The van der Waals surface area contributed by atoms with Crippen LogP contribution in [-0.4, -0.2) is 51.9 Å². The van der Waals surface area contributed by atoms with Crippen LogP contribution in [0.15, 0.2) is 85.3 Å². The standard InChI is InChI=1S/C35H33N7O3S/c1-40-19-15-36-30(40)22-38-34(44)29-21-23-13-18-42(28-12-3-2-10-26(28)31(23)46-29)35(45)24-8-6-9-25(20-24)39-33(43)27-11-7-14-37-32(27)41-16-4-5-17-41/h2-3,6-12,14-15,19-21H,4-5,13,16-18,22H2,1H3,(H,38,44)(H,39,43). The summed E-state index contributed by atoms with van der Waals surface area (Å²) in [7, 11) is 1.89. The molecule has 3 amide bonds. The minimum atomic E-state index is -0.260. The van der Waals surface area contributed by atoms with E-state index in [1.165, 1.54) is 11.3 Å². The molecule has 2 aliphatic rings. The van der Waals surface area contributed by atoms with Crippen LogP contribution in [0.1, 0.15) is 54.6 Å². The van der Waals surface area contributed by atoms with Gasteiger partial charge in [-0.15, -0.1) is 11.3 Å². The average molecular weight is 632 g/mol. The molecule has 0 unspecified atom stereocenters. The first-order chi connectivity index (χ1) is 22.5. The van der Waals surface area contributed by atoms with Crippen molar-refractivity contribution in [2.45, 2.75) is 25.8 Å². The molecule has 2 aliphatic heterocycles. The van der Waals surface area contributed by atoms with E-state index in [0.29, 0.717) is 47.0 Å². The molecule has 0 saturated carbocycles. The molecule has 0 bridgehead atoms. The Morgan fingerprint density at radius 2 is 1.74 bits per heavy atom. The highest BCUT2D eigenvalue weighted by Crippen LogP contribution is 2.42. The maximum Gasteiger partial charge on any atom is 0.261 e. The van der Waals surface area contributed by atoms with Crippen LogP contribution in [0, 0.1) is 0 Å². The molecule has 46 heavy (non-hydrogen) atoms. The summed E-state index contributed by atoms with van der Waals surface area (Å²) in [6, 6.07) is 20.3. The van der Waals surface area contributed by atoms with Crippen molar-refractivity contribution in [3.8, 4) is 10.4 Å². The fourth-order valence-corrected chi connectivity index (χ4v) is 7.23. The molecule has 1 saturated heterocycles. The molecular formula is C35H33N7O3S. The summed E-state index contributed by atoms with van der Waals surface area (Å²) in [6.07, 6.45) is 8.02. The van der Waals surface area contributed by atoms with Crippen LogP contribution in [0.4, 0.5) is 17.2 Å². The molecule has 11 heteroatoms. The molecule has 5 aromatic rings. The highest BCUT2D eigenvalue weighted by atomic mass is 32.1. The summed E-state index contributed by atoms with van der Waals surface area (Å²) in [5.41, 5.74) is 4.24. The number of hydrogen-bond acceptors (Lipinski definition) is 7. The van der Waals surface area contributed by atoms with Crippen LogP contribution in [0.25, 0.3) is 10.4 Å². The van der Waals surface area contributed by atoms with Crippen molar-refractivity contribution >= 4 is 46.3 Å². The predicted molar refractivity (Wildman–Crippen MR) is 180 cm³/mol. The van der Waals surface area contributed by atoms with Gasteiger partial charge >= 0.3 is 0 Å². The largest absolute Gasteiger partial charge is 0.356 e. The second kappa shape index (κ2) is 12.6. The van der Waals surface area contributed by atoms with Crippen LogP contribution in [-0.2, 0) is 20.0 Å². The number of anilines is 3. The zero-order valence-corrected chi connectivity index (χ0v) is 26.2. The maximum atomic E-state index is 14.1. The van der Waals surface area contributed by atoms with E-state index in [4.69, 9.17) is 0 Å². The Morgan fingerprint density at radius 1 is 0.891 bits per heavy atom. The molecular weight excluding hydrogens is 598 g/mol. The summed E-state index contributed by atoms with van der Waals surface area (Å²) in [6.45, 7) is 2.54. The minimum absolute atomic E-state index is 0.149. The number of aryl methyl sites for hydroxylation is 1. The fourth-order valence-electron chi connectivity index (χ4n) is 6.07. The van der Waals surface area contributed by atoms with E-state index in [9.17, 15) is 14.4 Å². The smallest absolute Gasteiger partial charge is 0.261 e. The van der Waals surface area contributed by atoms with Gasteiger partial charge in [0.1, 0.15) is 11.6 Å². The van der Waals surface area contributed by atoms with E-state index in [1.807, 2.05) is 48.1 Å². The highest BCUT2D eigenvalue weighted by molar-refractivity contribution is 7.17. The van der Waals surface area contributed by atoms with Crippen molar-refractivity contribution in [1.82, 2.24) is 19.9 Å². The van der Waals surface area contributed by atoms with E-state index >= 15 is 0 Å². The number of pyridine rings is 1. The molecule has 2 aromatic carbocycles. The highest BCUT2D eigenvalue weighted by Gasteiger charge is 2.28. The van der Waals surface area contributed by atoms with Crippen molar-refractivity contribution in [1.29, 1.82) is 0 Å². The molecule has 0 radical (unpaired) electrons. The number of rotatable bonds is 7. The lowest BCUT2D eigenvalue weighted by Gasteiger charge is -2.23. The molecule has 0 aliphatic carbocycles. The molecule has 7 rings (SSSR count). The SMILES string of the molecule is Cn1ccnc1CNC(=O)c1cc2c(s1)-c1ccccc1N(C(=O)c1cccc(NC(=O)c3cccnc3N3CCCC3)c1)CC2. The van der Waals surface area contributed by atoms with Gasteiger partial charge in [0.15, 0.2) is 0 Å². The number of nitrogens with one attached hydrogen (secondary N) is 2. The first-order valence-corrected chi connectivity index (χ1v) is 16.2. The second-order valence-corrected chi connectivity index (χ2v) is 12.5. The molecule has 0 atom stereocenters. The van der Waals surface area contributed by atoms with Crippen LogP contribution < -0.4 is 20.4 Å². The van der Waals surface area contributed by atoms with Gasteiger partial charge in [0.05, 0.1) is 22.7 Å². The first kappa shape index (κ1) is 29.4. The predicted octanol–water partition coefficient (Wildman–Crippen LogP) is 5.53. The Labute approximate surface area is 270 Å². The van der Waals surface area contributed by atoms with Crippen molar-refractivity contribution in [3.05, 3.63) is 113 Å². The number of para-hydroxylation sites is 1. The molecule has 1 fully saturated rings. The summed E-state index contributed by atoms with van der Waals surface area (Å²) in [4.78, 5) is 54.8. The lowest BCUT2D eigenvalue weighted by Crippen LogP contribution is -2.32. The number of fused-ring (bicyclic) bond motifs is 3. The maximum absolute atomic E-state index is 14.1. The van der Waals surface area contributed by atoms with E-state index in [1.54, 1.807) is 53.7 Å². The third-order valence-electron chi connectivity index (χ3n) is 8.45. The summed E-state index contributed by atoms with van der Waals surface area (Å²) < 4.78 is 1.88. The molecule has 232 valence electrons. The quantitative estimate of drug-likeness (QED) is 0.244. The fraction of sp³-hybridized carbons (Fsp3) is 0.229. The zero-order chi connectivity index (χ0) is 31.6.